The van der Waals surface area contributed by atoms with Gasteiger partial charge in [0.25, 0.3) is 0 Å². The molecule has 0 radical (unpaired) electrons. The van der Waals surface area contributed by atoms with E-state index >= 15 is 0 Å². The van der Waals surface area contributed by atoms with Crippen molar-refractivity contribution in [3.63, 3.8) is 0 Å². The van der Waals surface area contributed by atoms with Gasteiger partial charge in [-0.1, -0.05) is 31.1 Å². The summed E-state index contributed by atoms with van der Waals surface area (Å²) in [6.45, 7) is 3.63. The highest BCUT2D eigenvalue weighted by Crippen LogP contribution is 2.16. The molecular weight excluding hydrogens is 250 g/mol. The first-order chi connectivity index (χ1) is 9.81. The van der Waals surface area contributed by atoms with E-state index in [2.05, 4.69) is 23.2 Å². The van der Waals surface area contributed by atoms with E-state index in [-0.39, 0.29) is 0 Å². The van der Waals surface area contributed by atoms with Gasteiger partial charge < -0.3 is 9.84 Å². The van der Waals surface area contributed by atoms with Crippen molar-refractivity contribution in [2.75, 3.05) is 13.2 Å². The Hall–Kier alpha value is -1.19. The number of aliphatic hydroxyl groups excluding tert-OH is 1. The Labute approximate surface area is 121 Å². The Morgan fingerprint density at radius 1 is 1.20 bits per heavy atom. The highest BCUT2D eigenvalue weighted by molar-refractivity contribution is 5.36. The van der Waals surface area contributed by atoms with Crippen LogP contribution < -0.4 is 10.6 Å². The lowest BCUT2D eigenvalue weighted by molar-refractivity contribution is 0.136. The minimum absolute atomic E-state index is 0.442. The van der Waals surface area contributed by atoms with Gasteiger partial charge in [-0.2, -0.15) is 0 Å². The second-order valence-corrected chi connectivity index (χ2v) is 5.26. The van der Waals surface area contributed by atoms with Crippen LogP contribution in [0.3, 0.4) is 0 Å². The summed E-state index contributed by atoms with van der Waals surface area (Å²) in [5, 5.41) is 12.4. The van der Waals surface area contributed by atoms with Crippen molar-refractivity contribution >= 4 is 12.2 Å². The fourth-order valence-electron chi connectivity index (χ4n) is 2.49. The molecule has 1 N–H and O–H groups in total. The molecule has 0 bridgehead atoms. The number of hydrogen-bond donors (Lipinski definition) is 1. The van der Waals surface area contributed by atoms with Crippen molar-refractivity contribution in [2.24, 2.45) is 0 Å². The van der Waals surface area contributed by atoms with Gasteiger partial charge in [0.1, 0.15) is 0 Å². The third-order valence-corrected chi connectivity index (χ3v) is 3.66. The molecule has 0 spiro atoms. The molecule has 1 aromatic heterocycles. The monoisotopic (exact) mass is 275 g/mol. The molecule has 1 aliphatic carbocycles. The minimum Gasteiger partial charge on any atom is -0.387 e. The molecule has 1 aromatic rings. The lowest BCUT2D eigenvalue weighted by atomic mass is 10.1. The summed E-state index contributed by atoms with van der Waals surface area (Å²) in [6, 6.07) is 4.03. The maximum absolute atomic E-state index is 10.2. The molecule has 0 aromatic carbocycles. The van der Waals surface area contributed by atoms with Crippen molar-refractivity contribution in [1.29, 1.82) is 0 Å². The number of aliphatic hydroxyl groups is 1. The molecule has 2 rings (SSSR count). The van der Waals surface area contributed by atoms with Gasteiger partial charge >= 0.3 is 0 Å². The van der Waals surface area contributed by atoms with Crippen LogP contribution in [0.5, 0.6) is 0 Å². The summed E-state index contributed by atoms with van der Waals surface area (Å²) in [6.07, 6.45) is 10.0. The van der Waals surface area contributed by atoms with E-state index in [1.54, 1.807) is 0 Å². The van der Waals surface area contributed by atoms with E-state index in [4.69, 9.17) is 4.74 Å². The van der Waals surface area contributed by atoms with Crippen molar-refractivity contribution in [3.8, 4) is 0 Å². The Bertz CT molecular complexity index is 524. The molecule has 1 aliphatic rings. The molecule has 110 valence electrons. The lowest BCUT2D eigenvalue weighted by Crippen LogP contribution is -2.31. The van der Waals surface area contributed by atoms with Crippen molar-refractivity contribution < 1.29 is 9.84 Å². The van der Waals surface area contributed by atoms with E-state index in [0.717, 1.165) is 62.8 Å². The highest BCUT2D eigenvalue weighted by atomic mass is 16.5. The molecular formula is C17H25NO2. The van der Waals surface area contributed by atoms with Crippen molar-refractivity contribution in [3.05, 3.63) is 28.4 Å². The molecule has 3 heteroatoms. The van der Waals surface area contributed by atoms with Crippen LogP contribution in [0.4, 0.5) is 0 Å². The fourth-order valence-corrected chi connectivity index (χ4v) is 2.49. The van der Waals surface area contributed by atoms with E-state index in [9.17, 15) is 5.11 Å². The van der Waals surface area contributed by atoms with Gasteiger partial charge in [0.2, 0.25) is 0 Å². The fraction of sp³-hybridized carbons (Fsp3) is 0.588. The molecule has 0 amide bonds. The van der Waals surface area contributed by atoms with E-state index in [1.165, 1.54) is 5.22 Å². The first kappa shape index (κ1) is 15.2. The summed E-state index contributed by atoms with van der Waals surface area (Å²) in [5.41, 5.74) is 0.806. The molecule has 0 fully saturated rings. The number of pyridine rings is 1. The average molecular weight is 275 g/mol. The van der Waals surface area contributed by atoms with Crippen LogP contribution in [0.15, 0.2) is 12.1 Å². The van der Waals surface area contributed by atoms with Gasteiger partial charge in [-0.05, 0) is 43.9 Å². The lowest BCUT2D eigenvalue weighted by Gasteiger charge is -2.11. The van der Waals surface area contributed by atoms with Crippen LogP contribution in [0.25, 0.3) is 12.2 Å². The van der Waals surface area contributed by atoms with Gasteiger partial charge in [0.05, 0.1) is 17.1 Å². The zero-order chi connectivity index (χ0) is 14.2. The summed E-state index contributed by atoms with van der Waals surface area (Å²) < 4.78 is 5.30. The minimum atomic E-state index is -0.442. The Kier molecular flexibility index (Phi) is 6.22. The smallest absolute Gasteiger partial charge is 0.0960 e. The van der Waals surface area contributed by atoms with Crippen LogP contribution in [0.1, 0.15) is 57.2 Å². The largest absolute Gasteiger partial charge is 0.387 e. The molecule has 1 atom stereocenters. The van der Waals surface area contributed by atoms with Gasteiger partial charge in [-0.3, -0.25) is 4.98 Å². The molecule has 0 saturated heterocycles. The van der Waals surface area contributed by atoms with E-state index in [0.29, 0.717) is 0 Å². The van der Waals surface area contributed by atoms with E-state index < -0.39 is 6.10 Å². The molecule has 1 heterocycles. The van der Waals surface area contributed by atoms with Crippen LogP contribution >= 0.6 is 0 Å². The van der Waals surface area contributed by atoms with Crippen LogP contribution in [0, 0.1) is 0 Å². The number of aromatic nitrogens is 1. The Morgan fingerprint density at radius 3 is 2.90 bits per heavy atom. The number of ether oxygens (including phenoxy) is 1. The number of rotatable bonds is 8. The summed E-state index contributed by atoms with van der Waals surface area (Å²) in [5.74, 6) is 0. The maximum Gasteiger partial charge on any atom is 0.0960 e. The normalized spacial score (nSPS) is 15.1. The zero-order valence-electron chi connectivity index (χ0n) is 12.3. The molecule has 0 saturated carbocycles. The first-order valence-corrected chi connectivity index (χ1v) is 7.74. The second kappa shape index (κ2) is 8.18. The van der Waals surface area contributed by atoms with Crippen LogP contribution in [0.2, 0.25) is 0 Å². The highest BCUT2D eigenvalue weighted by Gasteiger charge is 2.09. The van der Waals surface area contributed by atoms with Gasteiger partial charge in [-0.25, -0.2) is 0 Å². The van der Waals surface area contributed by atoms with Crippen LogP contribution in [-0.2, 0) is 4.74 Å². The summed E-state index contributed by atoms with van der Waals surface area (Å²) in [4.78, 5) is 4.58. The standard InChI is InChI=1S/C17H25NO2/c1-2-20-13-7-3-4-10-17(19)16-12-11-14-8-5-6-9-15(14)18-16/h8-9,11-12,17,19H,2-7,10,13H2,1H3. The number of hydrogen-bond acceptors (Lipinski definition) is 3. The predicted octanol–water partition coefficient (Wildman–Crippen LogP) is 2.07. The third kappa shape index (κ3) is 4.43. The summed E-state index contributed by atoms with van der Waals surface area (Å²) >= 11 is 0. The SMILES string of the molecule is CCOCCCCCC(O)c1ccc2c(n1)=CCCC=2. The van der Waals surface area contributed by atoms with Crippen LogP contribution in [-0.4, -0.2) is 23.3 Å². The second-order valence-electron chi connectivity index (χ2n) is 5.26. The third-order valence-electron chi connectivity index (χ3n) is 3.66. The zero-order valence-corrected chi connectivity index (χ0v) is 12.3. The topological polar surface area (TPSA) is 42.4 Å². The molecule has 3 nitrogen and oxygen atoms in total. The quantitative estimate of drug-likeness (QED) is 0.739. The maximum atomic E-state index is 10.2. The molecule has 1 unspecified atom stereocenters. The summed E-state index contributed by atoms with van der Waals surface area (Å²) in [7, 11) is 0. The van der Waals surface area contributed by atoms with E-state index in [1.807, 2.05) is 13.0 Å². The molecule has 20 heavy (non-hydrogen) atoms. The first-order valence-electron chi connectivity index (χ1n) is 7.74. The Morgan fingerprint density at radius 2 is 2.05 bits per heavy atom. The number of nitrogens with zero attached hydrogens (tertiary/aromatic N) is 1. The van der Waals surface area contributed by atoms with Gasteiger partial charge in [-0.15, -0.1) is 0 Å². The van der Waals surface area contributed by atoms with Gasteiger partial charge in [0.15, 0.2) is 0 Å². The Balaban J connectivity index is 1.82. The number of unbranched alkanes of at least 4 members (excludes halogenated alkanes) is 2. The van der Waals surface area contributed by atoms with Crippen molar-refractivity contribution in [1.82, 2.24) is 4.98 Å². The average Bonchev–Trinajstić information content (AvgIpc) is 2.50. The number of fused-ring (bicyclic) bond motifs is 1. The van der Waals surface area contributed by atoms with Crippen molar-refractivity contribution in [2.45, 2.75) is 51.6 Å². The molecule has 0 aliphatic heterocycles. The van der Waals surface area contributed by atoms with Gasteiger partial charge in [0, 0.05) is 13.2 Å². The predicted molar refractivity (Wildman–Crippen MR) is 81.6 cm³/mol.